The number of ether oxygens (including phenoxy) is 1. The first-order valence-electron chi connectivity index (χ1n) is 3.38. The van der Waals surface area contributed by atoms with E-state index in [1.54, 1.807) is 0 Å². The van der Waals surface area contributed by atoms with Crippen molar-refractivity contribution in [1.29, 1.82) is 5.41 Å². The maximum atomic E-state index is 8.64. The minimum atomic E-state index is -0.0605. The summed E-state index contributed by atoms with van der Waals surface area (Å²) in [6, 6.07) is 0. The first-order chi connectivity index (χ1) is 4.86. The number of hydrogen-bond acceptors (Lipinski definition) is 3. The summed E-state index contributed by atoms with van der Waals surface area (Å²) in [7, 11) is 0. The molecule has 0 aliphatic carbocycles. The Kier molecular flexibility index (Phi) is 2.65. The second-order valence-corrected chi connectivity index (χ2v) is 2.32. The standard InChI is InChI=1S/C6H12N2O2/c7-4-8-6-2-1-5(3-9)10-6/h4-6,9H,1-3H2,(H2,7,8)/t5-,6?/m0/s1. The number of rotatable bonds is 3. The molecule has 0 radical (unpaired) electrons. The van der Waals surface area contributed by atoms with E-state index in [0.29, 0.717) is 0 Å². The third-order valence-corrected chi connectivity index (χ3v) is 1.58. The van der Waals surface area contributed by atoms with Crippen LogP contribution in [0.2, 0.25) is 0 Å². The summed E-state index contributed by atoms with van der Waals surface area (Å²) in [5, 5.41) is 18.1. The van der Waals surface area contributed by atoms with Gasteiger partial charge in [0.15, 0.2) is 0 Å². The maximum absolute atomic E-state index is 8.64. The molecule has 0 aromatic rings. The third kappa shape index (κ3) is 1.68. The summed E-state index contributed by atoms with van der Waals surface area (Å²) < 4.78 is 5.24. The molecule has 10 heavy (non-hydrogen) atoms. The molecule has 1 fully saturated rings. The zero-order chi connectivity index (χ0) is 7.40. The number of nitrogens with one attached hydrogen (secondary N) is 2. The summed E-state index contributed by atoms with van der Waals surface area (Å²) in [5.41, 5.74) is 0. The molecule has 0 spiro atoms. The van der Waals surface area contributed by atoms with Crippen molar-refractivity contribution < 1.29 is 9.84 Å². The minimum Gasteiger partial charge on any atom is -0.394 e. The van der Waals surface area contributed by atoms with Gasteiger partial charge in [-0.05, 0) is 12.8 Å². The van der Waals surface area contributed by atoms with Gasteiger partial charge in [-0.1, -0.05) is 0 Å². The van der Waals surface area contributed by atoms with Crippen molar-refractivity contribution in [3.63, 3.8) is 0 Å². The number of aliphatic hydroxyl groups is 1. The zero-order valence-electron chi connectivity index (χ0n) is 5.71. The first-order valence-corrected chi connectivity index (χ1v) is 3.38. The van der Waals surface area contributed by atoms with Gasteiger partial charge in [0, 0.05) is 0 Å². The maximum Gasteiger partial charge on any atom is 0.128 e. The molecule has 1 rings (SSSR count). The lowest BCUT2D eigenvalue weighted by Gasteiger charge is -2.10. The summed E-state index contributed by atoms with van der Waals surface area (Å²) >= 11 is 0. The van der Waals surface area contributed by atoms with Crippen LogP contribution in [0, 0.1) is 5.41 Å². The quantitative estimate of drug-likeness (QED) is 0.375. The molecule has 0 aromatic carbocycles. The fourth-order valence-corrected chi connectivity index (χ4v) is 1.06. The van der Waals surface area contributed by atoms with E-state index in [1.807, 2.05) is 0 Å². The molecular weight excluding hydrogens is 132 g/mol. The van der Waals surface area contributed by atoms with Crippen molar-refractivity contribution >= 4 is 6.34 Å². The third-order valence-electron chi connectivity index (χ3n) is 1.58. The van der Waals surface area contributed by atoms with Crippen LogP contribution in [0.25, 0.3) is 0 Å². The van der Waals surface area contributed by atoms with E-state index in [9.17, 15) is 0 Å². The molecule has 2 atom stereocenters. The lowest BCUT2D eigenvalue weighted by Crippen LogP contribution is -2.28. The molecule has 4 nitrogen and oxygen atoms in total. The molecule has 1 aliphatic heterocycles. The van der Waals surface area contributed by atoms with E-state index >= 15 is 0 Å². The van der Waals surface area contributed by atoms with Crippen molar-refractivity contribution in [3.05, 3.63) is 0 Å². The highest BCUT2D eigenvalue weighted by molar-refractivity contribution is 5.49. The van der Waals surface area contributed by atoms with Crippen LogP contribution in [-0.4, -0.2) is 30.4 Å². The second kappa shape index (κ2) is 3.53. The minimum absolute atomic E-state index is 0.0301. The Morgan fingerprint density at radius 1 is 1.70 bits per heavy atom. The predicted octanol–water partition coefficient (Wildman–Crippen LogP) is -0.320. The van der Waals surface area contributed by atoms with Gasteiger partial charge in [0.1, 0.15) is 6.23 Å². The Bertz CT molecular complexity index is 118. The smallest absolute Gasteiger partial charge is 0.128 e. The van der Waals surface area contributed by atoms with Crippen LogP contribution in [0.1, 0.15) is 12.8 Å². The van der Waals surface area contributed by atoms with Crippen LogP contribution in [0.3, 0.4) is 0 Å². The van der Waals surface area contributed by atoms with Gasteiger partial charge in [0.05, 0.1) is 19.0 Å². The second-order valence-electron chi connectivity index (χ2n) is 2.32. The molecule has 58 valence electrons. The molecule has 0 saturated carbocycles. The van der Waals surface area contributed by atoms with Crippen LogP contribution in [0.4, 0.5) is 0 Å². The van der Waals surface area contributed by atoms with E-state index < -0.39 is 0 Å². The summed E-state index contributed by atoms with van der Waals surface area (Å²) in [4.78, 5) is 0. The summed E-state index contributed by atoms with van der Waals surface area (Å²) in [5.74, 6) is 0. The van der Waals surface area contributed by atoms with E-state index in [1.165, 1.54) is 0 Å². The molecule has 0 bridgehead atoms. The molecule has 1 heterocycles. The topological polar surface area (TPSA) is 65.3 Å². The monoisotopic (exact) mass is 144 g/mol. The van der Waals surface area contributed by atoms with Gasteiger partial charge >= 0.3 is 0 Å². The van der Waals surface area contributed by atoms with Crippen molar-refractivity contribution in [3.8, 4) is 0 Å². The largest absolute Gasteiger partial charge is 0.394 e. The Morgan fingerprint density at radius 3 is 3.00 bits per heavy atom. The average molecular weight is 144 g/mol. The fraction of sp³-hybridized carbons (Fsp3) is 0.833. The van der Waals surface area contributed by atoms with Crippen LogP contribution >= 0.6 is 0 Å². The molecule has 1 aliphatic rings. The van der Waals surface area contributed by atoms with Gasteiger partial charge in [-0.25, -0.2) is 0 Å². The Morgan fingerprint density at radius 2 is 2.50 bits per heavy atom. The molecule has 1 unspecified atom stereocenters. The average Bonchev–Trinajstić information content (AvgIpc) is 2.37. The SMILES string of the molecule is N=CNC1CC[C@@H](CO)O1. The normalized spacial score (nSPS) is 32.1. The van der Waals surface area contributed by atoms with Gasteiger partial charge in [0.25, 0.3) is 0 Å². The van der Waals surface area contributed by atoms with Crippen molar-refractivity contribution in [2.45, 2.75) is 25.2 Å². The van der Waals surface area contributed by atoms with Crippen LogP contribution in [0.15, 0.2) is 0 Å². The number of hydrogen-bond donors (Lipinski definition) is 3. The lowest BCUT2D eigenvalue weighted by molar-refractivity contribution is 0.00625. The van der Waals surface area contributed by atoms with Crippen molar-refractivity contribution in [2.24, 2.45) is 0 Å². The van der Waals surface area contributed by atoms with Gasteiger partial charge in [-0.15, -0.1) is 0 Å². The molecule has 3 N–H and O–H groups in total. The van der Waals surface area contributed by atoms with E-state index in [-0.39, 0.29) is 18.9 Å². The molecule has 1 saturated heterocycles. The van der Waals surface area contributed by atoms with Crippen LogP contribution < -0.4 is 5.32 Å². The molecule has 0 aromatic heterocycles. The lowest BCUT2D eigenvalue weighted by atomic mass is 10.2. The zero-order valence-corrected chi connectivity index (χ0v) is 5.71. The van der Waals surface area contributed by atoms with Gasteiger partial charge < -0.3 is 15.2 Å². The summed E-state index contributed by atoms with van der Waals surface area (Å²) in [6.07, 6.45) is 2.78. The molecule has 0 amide bonds. The highest BCUT2D eigenvalue weighted by Crippen LogP contribution is 2.16. The first kappa shape index (κ1) is 7.50. The Hall–Kier alpha value is -0.610. The number of aliphatic hydroxyl groups excluding tert-OH is 1. The van der Waals surface area contributed by atoms with Crippen molar-refractivity contribution in [1.82, 2.24) is 5.32 Å². The fourth-order valence-electron chi connectivity index (χ4n) is 1.06. The van der Waals surface area contributed by atoms with Gasteiger partial charge in [-0.2, -0.15) is 0 Å². The molecule has 4 heteroatoms. The van der Waals surface area contributed by atoms with E-state index in [2.05, 4.69) is 5.32 Å². The highest BCUT2D eigenvalue weighted by Gasteiger charge is 2.22. The van der Waals surface area contributed by atoms with Gasteiger partial charge in [-0.3, -0.25) is 5.41 Å². The van der Waals surface area contributed by atoms with Crippen LogP contribution in [0.5, 0.6) is 0 Å². The summed E-state index contributed by atoms with van der Waals surface area (Å²) in [6.45, 7) is 0.0795. The van der Waals surface area contributed by atoms with E-state index in [0.717, 1.165) is 19.2 Å². The van der Waals surface area contributed by atoms with Crippen molar-refractivity contribution in [2.75, 3.05) is 6.61 Å². The van der Waals surface area contributed by atoms with Gasteiger partial charge in [0.2, 0.25) is 0 Å². The van der Waals surface area contributed by atoms with E-state index in [4.69, 9.17) is 15.3 Å². The Labute approximate surface area is 59.7 Å². The molecular formula is C6H12N2O2. The van der Waals surface area contributed by atoms with Crippen LogP contribution in [-0.2, 0) is 4.74 Å². The predicted molar refractivity (Wildman–Crippen MR) is 36.9 cm³/mol. The highest BCUT2D eigenvalue weighted by atomic mass is 16.5. The Balaban J connectivity index is 2.21.